The molecule has 1 aromatic rings. The number of para-hydroxylation sites is 1. The molecule has 6 heteroatoms. The SMILES string of the molecule is CN(c1cccc(Cl)c1[N+](=O)[O-])C1CCNC1. The monoisotopic (exact) mass is 255 g/mol. The summed E-state index contributed by atoms with van der Waals surface area (Å²) in [5, 5.41) is 14.5. The number of halogens is 1. The second-order valence-electron chi connectivity index (χ2n) is 4.12. The van der Waals surface area contributed by atoms with Crippen LogP contribution in [-0.2, 0) is 0 Å². The fraction of sp³-hybridized carbons (Fsp3) is 0.455. The van der Waals surface area contributed by atoms with E-state index in [9.17, 15) is 10.1 Å². The van der Waals surface area contributed by atoms with Gasteiger partial charge in [-0.1, -0.05) is 17.7 Å². The van der Waals surface area contributed by atoms with Crippen LogP contribution in [0, 0.1) is 10.1 Å². The number of nitrogens with one attached hydrogen (secondary N) is 1. The van der Waals surface area contributed by atoms with Crippen molar-refractivity contribution in [2.24, 2.45) is 0 Å². The summed E-state index contributed by atoms with van der Waals surface area (Å²) in [4.78, 5) is 12.6. The zero-order valence-electron chi connectivity index (χ0n) is 9.52. The molecule has 1 fully saturated rings. The van der Waals surface area contributed by atoms with Gasteiger partial charge in [0.2, 0.25) is 0 Å². The molecule has 0 amide bonds. The zero-order chi connectivity index (χ0) is 12.4. The van der Waals surface area contributed by atoms with Gasteiger partial charge in [0.1, 0.15) is 10.7 Å². The van der Waals surface area contributed by atoms with Crippen LogP contribution in [0.4, 0.5) is 11.4 Å². The van der Waals surface area contributed by atoms with Crippen molar-refractivity contribution >= 4 is 23.0 Å². The van der Waals surface area contributed by atoms with E-state index in [2.05, 4.69) is 5.32 Å². The molecule has 1 atom stereocenters. The van der Waals surface area contributed by atoms with Gasteiger partial charge in [-0.25, -0.2) is 0 Å². The molecule has 0 saturated carbocycles. The molecule has 0 spiro atoms. The summed E-state index contributed by atoms with van der Waals surface area (Å²) in [5.41, 5.74) is 0.569. The van der Waals surface area contributed by atoms with Crippen LogP contribution in [-0.4, -0.2) is 31.1 Å². The number of nitro groups is 1. The van der Waals surface area contributed by atoms with Gasteiger partial charge in [-0.2, -0.15) is 0 Å². The van der Waals surface area contributed by atoms with Crippen molar-refractivity contribution in [3.63, 3.8) is 0 Å². The van der Waals surface area contributed by atoms with Crippen LogP contribution in [0.3, 0.4) is 0 Å². The summed E-state index contributed by atoms with van der Waals surface area (Å²) in [7, 11) is 1.87. The van der Waals surface area contributed by atoms with Crippen LogP contribution >= 0.6 is 11.6 Å². The lowest BCUT2D eigenvalue weighted by molar-refractivity contribution is -0.384. The molecule has 1 aromatic carbocycles. The molecule has 17 heavy (non-hydrogen) atoms. The van der Waals surface area contributed by atoms with Crippen LogP contribution in [0.25, 0.3) is 0 Å². The van der Waals surface area contributed by atoms with Gasteiger partial charge >= 0.3 is 5.69 Å². The first-order chi connectivity index (χ1) is 8.11. The Labute approximate surface area is 105 Å². The molecule has 0 aliphatic carbocycles. The number of nitro benzene ring substituents is 1. The minimum atomic E-state index is -0.420. The average Bonchev–Trinajstić information content (AvgIpc) is 2.80. The number of nitrogens with zero attached hydrogens (tertiary/aromatic N) is 2. The van der Waals surface area contributed by atoms with Crippen LogP contribution < -0.4 is 10.2 Å². The first-order valence-electron chi connectivity index (χ1n) is 5.47. The number of anilines is 1. The zero-order valence-corrected chi connectivity index (χ0v) is 10.3. The molecule has 1 unspecified atom stereocenters. The summed E-state index contributed by atoms with van der Waals surface area (Å²) >= 11 is 5.89. The van der Waals surface area contributed by atoms with E-state index in [-0.39, 0.29) is 16.8 Å². The molecule has 1 saturated heterocycles. The van der Waals surface area contributed by atoms with Crippen molar-refractivity contribution in [2.75, 3.05) is 25.0 Å². The molecule has 0 radical (unpaired) electrons. The van der Waals surface area contributed by atoms with Gasteiger partial charge in [-0.15, -0.1) is 0 Å². The quantitative estimate of drug-likeness (QED) is 0.663. The number of hydrogen-bond donors (Lipinski definition) is 1. The molecule has 1 aliphatic rings. The Kier molecular flexibility index (Phi) is 3.49. The highest BCUT2D eigenvalue weighted by Crippen LogP contribution is 2.35. The summed E-state index contributed by atoms with van der Waals surface area (Å²) in [6.07, 6.45) is 0.986. The van der Waals surface area contributed by atoms with Crippen LogP contribution in [0.15, 0.2) is 18.2 Å². The van der Waals surface area contributed by atoms with Crippen molar-refractivity contribution in [1.82, 2.24) is 5.32 Å². The third-order valence-electron chi connectivity index (χ3n) is 3.11. The number of likely N-dealkylation sites (N-methyl/N-ethyl adjacent to an activating group) is 1. The average molecular weight is 256 g/mol. The predicted molar refractivity (Wildman–Crippen MR) is 67.8 cm³/mol. The molecular weight excluding hydrogens is 242 g/mol. The minimum Gasteiger partial charge on any atom is -0.365 e. The van der Waals surface area contributed by atoms with E-state index >= 15 is 0 Å². The molecule has 0 bridgehead atoms. The maximum Gasteiger partial charge on any atom is 0.310 e. The van der Waals surface area contributed by atoms with Gasteiger partial charge in [-0.3, -0.25) is 10.1 Å². The molecule has 1 aliphatic heterocycles. The number of benzene rings is 1. The molecule has 1 N–H and O–H groups in total. The maximum absolute atomic E-state index is 11.0. The van der Waals surface area contributed by atoms with Crippen molar-refractivity contribution in [2.45, 2.75) is 12.5 Å². The number of rotatable bonds is 3. The smallest absolute Gasteiger partial charge is 0.310 e. The summed E-state index contributed by atoms with van der Waals surface area (Å²) in [5.74, 6) is 0. The molecule has 5 nitrogen and oxygen atoms in total. The second kappa shape index (κ2) is 4.89. The summed E-state index contributed by atoms with van der Waals surface area (Å²) in [6.45, 7) is 1.80. The van der Waals surface area contributed by atoms with Crippen molar-refractivity contribution in [1.29, 1.82) is 0 Å². The first kappa shape index (κ1) is 12.1. The fourth-order valence-electron chi connectivity index (χ4n) is 2.14. The Balaban J connectivity index is 2.36. The second-order valence-corrected chi connectivity index (χ2v) is 4.53. The van der Waals surface area contributed by atoms with Crippen molar-refractivity contribution < 1.29 is 4.92 Å². The highest BCUT2D eigenvalue weighted by Gasteiger charge is 2.26. The van der Waals surface area contributed by atoms with Crippen molar-refractivity contribution in [3.05, 3.63) is 33.3 Å². The van der Waals surface area contributed by atoms with E-state index in [0.29, 0.717) is 5.69 Å². The Morgan fingerprint density at radius 2 is 2.35 bits per heavy atom. The lowest BCUT2D eigenvalue weighted by atomic mass is 10.2. The van der Waals surface area contributed by atoms with Gasteiger partial charge in [0.25, 0.3) is 0 Å². The highest BCUT2D eigenvalue weighted by molar-refractivity contribution is 6.33. The maximum atomic E-state index is 11.0. The van der Waals surface area contributed by atoms with Gasteiger partial charge in [0.05, 0.1) is 4.92 Å². The minimum absolute atomic E-state index is 0.0106. The van der Waals surface area contributed by atoms with Crippen LogP contribution in [0.5, 0.6) is 0 Å². The molecule has 0 aromatic heterocycles. The first-order valence-corrected chi connectivity index (χ1v) is 5.85. The van der Waals surface area contributed by atoms with E-state index in [1.807, 2.05) is 11.9 Å². The van der Waals surface area contributed by atoms with Gasteiger partial charge in [0.15, 0.2) is 0 Å². The fourth-order valence-corrected chi connectivity index (χ4v) is 2.37. The number of hydrogen-bond acceptors (Lipinski definition) is 4. The predicted octanol–water partition coefficient (Wildman–Crippen LogP) is 2.05. The molecule has 1 heterocycles. The molecular formula is C11H14ClN3O2. The Morgan fingerprint density at radius 1 is 1.59 bits per heavy atom. The Morgan fingerprint density at radius 3 is 2.94 bits per heavy atom. The van der Waals surface area contributed by atoms with Crippen molar-refractivity contribution in [3.8, 4) is 0 Å². The molecule has 92 valence electrons. The van der Waals surface area contributed by atoms with Crippen LogP contribution in [0.1, 0.15) is 6.42 Å². The van der Waals surface area contributed by atoms with Gasteiger partial charge in [-0.05, 0) is 25.1 Å². The Hall–Kier alpha value is -1.33. The van der Waals surface area contributed by atoms with E-state index in [0.717, 1.165) is 19.5 Å². The van der Waals surface area contributed by atoms with Crippen LogP contribution in [0.2, 0.25) is 5.02 Å². The normalized spacial score (nSPS) is 19.3. The van der Waals surface area contributed by atoms with E-state index in [1.165, 1.54) is 0 Å². The lowest BCUT2D eigenvalue weighted by Gasteiger charge is -2.25. The highest BCUT2D eigenvalue weighted by atomic mass is 35.5. The standard InChI is InChI=1S/C11H14ClN3O2/c1-14(8-5-6-13-7-8)10-4-2-3-9(12)11(10)15(16)17/h2-4,8,13H,5-7H2,1H3. The van der Waals surface area contributed by atoms with E-state index < -0.39 is 4.92 Å². The largest absolute Gasteiger partial charge is 0.365 e. The summed E-state index contributed by atoms with van der Waals surface area (Å²) in [6, 6.07) is 5.31. The molecule has 2 rings (SSSR count). The lowest BCUT2D eigenvalue weighted by Crippen LogP contribution is -2.33. The van der Waals surface area contributed by atoms with Gasteiger partial charge < -0.3 is 10.2 Å². The topological polar surface area (TPSA) is 58.4 Å². The third-order valence-corrected chi connectivity index (χ3v) is 3.42. The third kappa shape index (κ3) is 2.35. The van der Waals surface area contributed by atoms with E-state index in [4.69, 9.17) is 11.6 Å². The summed E-state index contributed by atoms with van der Waals surface area (Å²) < 4.78 is 0. The Bertz CT molecular complexity index is 433. The van der Waals surface area contributed by atoms with E-state index in [1.54, 1.807) is 18.2 Å². The van der Waals surface area contributed by atoms with Gasteiger partial charge in [0, 0.05) is 19.6 Å².